The van der Waals surface area contributed by atoms with Gasteiger partial charge in [0.2, 0.25) is 5.91 Å². The van der Waals surface area contributed by atoms with Crippen molar-refractivity contribution in [1.82, 2.24) is 20.4 Å². The molecule has 1 aliphatic rings. The molecule has 0 radical (unpaired) electrons. The lowest BCUT2D eigenvalue weighted by molar-refractivity contribution is -0.130. The van der Waals surface area contributed by atoms with Crippen molar-refractivity contribution in [3.63, 3.8) is 0 Å². The quantitative estimate of drug-likeness (QED) is 0.519. The third-order valence-electron chi connectivity index (χ3n) is 5.43. The third kappa shape index (κ3) is 4.59. The molecule has 0 saturated carbocycles. The number of anilines is 2. The minimum atomic E-state index is -0.578. The normalized spacial score (nSPS) is 20.7. The second-order valence-electron chi connectivity index (χ2n) is 7.83. The van der Waals surface area contributed by atoms with E-state index in [1.165, 1.54) is 0 Å². The summed E-state index contributed by atoms with van der Waals surface area (Å²) in [7, 11) is 0. The van der Waals surface area contributed by atoms with Crippen LogP contribution in [0, 0.1) is 12.8 Å². The number of rotatable bonds is 4. The van der Waals surface area contributed by atoms with E-state index in [4.69, 9.17) is 0 Å². The Morgan fingerprint density at radius 2 is 1.81 bits per heavy atom. The lowest BCUT2D eigenvalue weighted by Gasteiger charge is -2.34. The molecule has 3 atom stereocenters. The number of amides is 3. The molecule has 3 aromatic rings. The monoisotopic (exact) mass is 418 g/mol. The van der Waals surface area contributed by atoms with Crippen molar-refractivity contribution in [1.29, 1.82) is 0 Å². The van der Waals surface area contributed by atoms with Gasteiger partial charge in [0.15, 0.2) is 6.29 Å². The Balaban J connectivity index is 1.62. The summed E-state index contributed by atoms with van der Waals surface area (Å²) < 4.78 is 1.60. The number of nitrogens with zero attached hydrogens (tertiary/aromatic N) is 2. The molecule has 0 bridgehead atoms. The summed E-state index contributed by atoms with van der Waals surface area (Å²) in [5.74, 6) is 0.230. The predicted molar refractivity (Wildman–Crippen MR) is 120 cm³/mol. The number of carbonyl (C=O) groups excluding carboxylic acids is 2. The van der Waals surface area contributed by atoms with Gasteiger partial charge in [-0.3, -0.25) is 15.4 Å². The molecule has 1 saturated heterocycles. The van der Waals surface area contributed by atoms with Crippen molar-refractivity contribution in [3.8, 4) is 11.3 Å². The van der Waals surface area contributed by atoms with E-state index >= 15 is 0 Å². The highest BCUT2D eigenvalue weighted by molar-refractivity contribution is 5.99. The summed E-state index contributed by atoms with van der Waals surface area (Å²) >= 11 is 0. The van der Waals surface area contributed by atoms with Crippen molar-refractivity contribution in [2.24, 2.45) is 5.92 Å². The molecular weight excluding hydrogens is 392 g/mol. The topological polar surface area (TPSA) is 100 Å². The number of aromatic nitrogens is 2. The predicted octanol–water partition coefficient (Wildman–Crippen LogP) is 3.70. The van der Waals surface area contributed by atoms with E-state index in [0.717, 1.165) is 11.1 Å². The number of urea groups is 1. The van der Waals surface area contributed by atoms with Crippen LogP contribution in [0.4, 0.5) is 16.3 Å². The van der Waals surface area contributed by atoms with Crippen LogP contribution in [0.15, 0.2) is 60.7 Å². The zero-order valence-electron chi connectivity index (χ0n) is 17.7. The number of aryl methyl sites for hydroxylation is 1. The Labute approximate surface area is 181 Å². The van der Waals surface area contributed by atoms with Gasteiger partial charge in [-0.2, -0.15) is 5.10 Å². The van der Waals surface area contributed by atoms with E-state index in [1.54, 1.807) is 10.7 Å². The molecule has 1 fully saturated rings. The first-order chi connectivity index (χ1) is 14.9. The highest BCUT2D eigenvalue weighted by Gasteiger charge is 2.32. The maximum Gasteiger partial charge on any atom is 0.324 e. The summed E-state index contributed by atoms with van der Waals surface area (Å²) in [4.78, 5) is 25.1. The smallest absolute Gasteiger partial charge is 0.322 e. The van der Waals surface area contributed by atoms with E-state index in [9.17, 15) is 9.59 Å². The van der Waals surface area contributed by atoms with Crippen LogP contribution in [-0.2, 0) is 4.79 Å². The van der Waals surface area contributed by atoms with Crippen LogP contribution >= 0.6 is 0 Å². The minimum Gasteiger partial charge on any atom is -0.322 e. The Hall–Kier alpha value is -3.65. The summed E-state index contributed by atoms with van der Waals surface area (Å²) in [5, 5.41) is 16.6. The average Bonchev–Trinajstić information content (AvgIpc) is 3.16. The summed E-state index contributed by atoms with van der Waals surface area (Å²) in [6, 6.07) is 18.6. The lowest BCUT2D eigenvalue weighted by Crippen LogP contribution is -2.57. The highest BCUT2D eigenvalue weighted by Crippen LogP contribution is 2.25. The molecule has 1 aliphatic heterocycles. The van der Waals surface area contributed by atoms with Gasteiger partial charge in [0.05, 0.1) is 11.6 Å². The SMILES string of the molecule is Cc1cccc(NC(=O)Nc2cc(-c3ccccc3)nn2C2NC(=O)C(C)C(C)N2)c1. The summed E-state index contributed by atoms with van der Waals surface area (Å²) in [6.45, 7) is 5.79. The summed E-state index contributed by atoms with van der Waals surface area (Å²) in [5.41, 5.74) is 3.34. The zero-order chi connectivity index (χ0) is 22.0. The van der Waals surface area contributed by atoms with E-state index < -0.39 is 12.3 Å². The molecule has 0 spiro atoms. The van der Waals surface area contributed by atoms with Gasteiger partial charge in [-0.05, 0) is 31.5 Å². The van der Waals surface area contributed by atoms with Gasteiger partial charge in [0.25, 0.3) is 0 Å². The van der Waals surface area contributed by atoms with Crippen molar-refractivity contribution in [2.45, 2.75) is 33.1 Å². The van der Waals surface area contributed by atoms with Crippen LogP contribution in [0.3, 0.4) is 0 Å². The Morgan fingerprint density at radius 3 is 2.52 bits per heavy atom. The van der Waals surface area contributed by atoms with Crippen molar-refractivity contribution < 1.29 is 9.59 Å². The van der Waals surface area contributed by atoms with Gasteiger partial charge in [-0.25, -0.2) is 9.48 Å². The number of carbonyl (C=O) groups is 2. The fourth-order valence-electron chi connectivity index (χ4n) is 3.50. The number of hydrogen-bond donors (Lipinski definition) is 4. The molecule has 160 valence electrons. The van der Waals surface area contributed by atoms with Crippen LogP contribution in [0.1, 0.15) is 25.7 Å². The van der Waals surface area contributed by atoms with E-state index in [0.29, 0.717) is 17.2 Å². The first-order valence-corrected chi connectivity index (χ1v) is 10.3. The molecule has 3 unspecified atom stereocenters. The Kier molecular flexibility index (Phi) is 5.73. The zero-order valence-corrected chi connectivity index (χ0v) is 17.7. The highest BCUT2D eigenvalue weighted by atomic mass is 16.2. The molecule has 8 nitrogen and oxygen atoms in total. The fourth-order valence-corrected chi connectivity index (χ4v) is 3.50. The van der Waals surface area contributed by atoms with Gasteiger partial charge >= 0.3 is 6.03 Å². The third-order valence-corrected chi connectivity index (χ3v) is 5.43. The van der Waals surface area contributed by atoms with Crippen molar-refractivity contribution in [2.75, 3.05) is 10.6 Å². The maximum absolute atomic E-state index is 12.7. The van der Waals surface area contributed by atoms with Crippen LogP contribution < -0.4 is 21.3 Å². The second-order valence-corrected chi connectivity index (χ2v) is 7.83. The average molecular weight is 419 g/mol. The van der Waals surface area contributed by atoms with Crippen LogP contribution in [-0.4, -0.2) is 27.8 Å². The van der Waals surface area contributed by atoms with Gasteiger partial charge in [-0.15, -0.1) is 0 Å². The van der Waals surface area contributed by atoms with E-state index in [2.05, 4.69) is 26.4 Å². The molecule has 31 heavy (non-hydrogen) atoms. The summed E-state index contributed by atoms with van der Waals surface area (Å²) in [6.07, 6.45) is -0.578. The first kappa shape index (κ1) is 20.6. The molecule has 8 heteroatoms. The largest absolute Gasteiger partial charge is 0.324 e. The Bertz CT molecular complexity index is 1090. The van der Waals surface area contributed by atoms with Gasteiger partial charge < -0.3 is 10.6 Å². The molecule has 1 aromatic heterocycles. The second kappa shape index (κ2) is 8.61. The fraction of sp³-hybridized carbons (Fsp3) is 0.261. The van der Waals surface area contributed by atoms with Crippen LogP contribution in [0.5, 0.6) is 0 Å². The van der Waals surface area contributed by atoms with Crippen molar-refractivity contribution >= 4 is 23.4 Å². The maximum atomic E-state index is 12.7. The Morgan fingerprint density at radius 1 is 1.03 bits per heavy atom. The standard InChI is InChI=1S/C23H26N6O2/c1-14-8-7-11-18(12-14)25-23(31)26-20-13-19(17-9-5-4-6-10-17)28-29(20)22-24-16(3)15(2)21(30)27-22/h4-13,15-16,22,24H,1-3H3,(H,27,30)(H2,25,26,31). The molecule has 3 amide bonds. The van der Waals surface area contributed by atoms with Crippen LogP contribution in [0.25, 0.3) is 11.3 Å². The van der Waals surface area contributed by atoms with Crippen LogP contribution in [0.2, 0.25) is 0 Å². The molecule has 2 heterocycles. The molecule has 4 N–H and O–H groups in total. The molecule has 0 aliphatic carbocycles. The van der Waals surface area contributed by atoms with Gasteiger partial charge in [0, 0.05) is 23.4 Å². The molecular formula is C23H26N6O2. The van der Waals surface area contributed by atoms with E-state index in [-0.39, 0.29) is 17.9 Å². The van der Waals surface area contributed by atoms with Crippen molar-refractivity contribution in [3.05, 3.63) is 66.2 Å². The molecule has 2 aromatic carbocycles. The number of benzene rings is 2. The molecule has 4 rings (SSSR count). The van der Waals surface area contributed by atoms with Gasteiger partial charge in [0.1, 0.15) is 5.82 Å². The number of nitrogens with one attached hydrogen (secondary N) is 4. The van der Waals surface area contributed by atoms with Gasteiger partial charge in [-0.1, -0.05) is 49.4 Å². The van der Waals surface area contributed by atoms with E-state index in [1.807, 2.05) is 75.4 Å². The number of hydrogen-bond acceptors (Lipinski definition) is 4. The minimum absolute atomic E-state index is 0.0444. The lowest BCUT2D eigenvalue weighted by atomic mass is 10.0. The first-order valence-electron chi connectivity index (χ1n) is 10.3.